The van der Waals surface area contributed by atoms with E-state index in [1.165, 1.54) is 37.4 Å². The van der Waals surface area contributed by atoms with E-state index >= 15 is 0 Å². The molecule has 3 saturated heterocycles. The highest BCUT2D eigenvalue weighted by Gasteiger charge is 2.22. The maximum atomic E-state index is 13.5. The predicted octanol–water partition coefficient (Wildman–Crippen LogP) is 8.82. The minimum atomic E-state index is -1.84. The Morgan fingerprint density at radius 3 is 1.23 bits per heavy atom. The molecule has 0 aliphatic carbocycles. The molecule has 3 aliphatic rings. The molecule has 3 fully saturated rings. The second-order valence-electron chi connectivity index (χ2n) is 23.6. The van der Waals surface area contributed by atoms with Crippen molar-refractivity contribution < 1.29 is 10.0 Å². The van der Waals surface area contributed by atoms with Crippen molar-refractivity contribution in [3.05, 3.63) is 175 Å². The highest BCUT2D eigenvalue weighted by atomic mass is 79.9. The largest absolute Gasteiger partial charge is 0.494 e. The predicted molar refractivity (Wildman–Crippen MR) is 391 cm³/mol. The van der Waals surface area contributed by atoms with Gasteiger partial charge in [0.1, 0.15) is 16.9 Å². The summed E-state index contributed by atoms with van der Waals surface area (Å²) < 4.78 is 5.31. The molecule has 95 heavy (non-hydrogen) atoms. The molecule has 0 amide bonds. The molecule has 8 aromatic heterocycles. The number of likely N-dealkylation sites (N-methyl/N-ethyl adjacent to an activating group) is 3. The molecule has 0 bridgehead atoms. The number of fused-ring (bicyclic) bond motifs is 3. The third kappa shape index (κ3) is 15.3. The second-order valence-corrected chi connectivity index (χ2v) is 26.5. The third-order valence-electron chi connectivity index (χ3n) is 17.3. The summed E-state index contributed by atoms with van der Waals surface area (Å²) in [5, 5.41) is 32.9. The van der Waals surface area contributed by atoms with Crippen LogP contribution < -0.4 is 52.8 Å². The van der Waals surface area contributed by atoms with Gasteiger partial charge in [-0.3, -0.25) is 28.1 Å². The summed E-state index contributed by atoms with van der Waals surface area (Å²) in [6, 6.07) is 38.2. The Kier molecular flexibility index (Phi) is 20.7. The van der Waals surface area contributed by atoms with Crippen LogP contribution in [-0.4, -0.2) is 175 Å². The molecule has 14 rings (SSSR count). The Morgan fingerprint density at radius 2 is 0.842 bits per heavy atom. The lowest BCUT2D eigenvalue weighted by Gasteiger charge is -2.34. The number of anilines is 9. The van der Waals surface area contributed by atoms with Crippen LogP contribution in [0, 0.1) is 0 Å². The fourth-order valence-corrected chi connectivity index (χ4v) is 14.1. The van der Waals surface area contributed by atoms with Gasteiger partial charge in [0.2, 0.25) is 17.8 Å². The number of benzene rings is 3. The molecule has 0 spiro atoms. The molecule has 27 heteroatoms. The van der Waals surface area contributed by atoms with Gasteiger partial charge in [-0.1, -0.05) is 6.07 Å². The number of aryl methyl sites for hydroxylation is 3. The molecular formula is C68H76BBrN18O5S2. The summed E-state index contributed by atoms with van der Waals surface area (Å²) in [6.07, 6.45) is 5.10. The second kappa shape index (κ2) is 29.8. The quantitative estimate of drug-likeness (QED) is 0.0602. The number of pyridine rings is 3. The van der Waals surface area contributed by atoms with Crippen LogP contribution in [0.15, 0.2) is 158 Å². The van der Waals surface area contributed by atoms with E-state index in [1.807, 2.05) is 56.3 Å². The minimum Gasteiger partial charge on any atom is -0.423 e. The van der Waals surface area contributed by atoms with Gasteiger partial charge >= 0.3 is 7.12 Å². The number of rotatable bonds is 15. The Balaban J connectivity index is 0.000000138. The topological polar surface area (TPSA) is 239 Å². The van der Waals surface area contributed by atoms with Crippen LogP contribution >= 0.6 is 38.6 Å². The molecule has 11 heterocycles. The maximum absolute atomic E-state index is 13.5. The Hall–Kier alpha value is -8.93. The van der Waals surface area contributed by atoms with Crippen molar-refractivity contribution in [2.24, 2.45) is 0 Å². The van der Waals surface area contributed by atoms with Crippen LogP contribution in [0.5, 0.6) is 0 Å². The van der Waals surface area contributed by atoms with E-state index in [4.69, 9.17) is 4.98 Å². The van der Waals surface area contributed by atoms with Gasteiger partial charge in [0.15, 0.2) is 0 Å². The molecule has 3 aromatic carbocycles. The molecule has 11 aromatic rings. The van der Waals surface area contributed by atoms with Crippen molar-refractivity contribution in [1.82, 2.24) is 58.3 Å². The first kappa shape index (κ1) is 66.1. The van der Waals surface area contributed by atoms with Crippen LogP contribution in [0.4, 0.5) is 52.0 Å². The SMILES string of the molecule is CCn1c(=O)c(-c2ccc(-c3cccs3)s2)cc2cnc(Nc3ccc(N4CCN(C)CC4)cc3)nc21.CCn1c(=O)c(B(O)O)cc2cnc(Nc3ccc(N4CCN(C)CC4)cc3)nc21.CCn1c(=O)c(Br)cc2cnc(Nc3ccc(N4CCN(C)CC4)cc3)nc21. The number of hydrogen-bond donors (Lipinski definition) is 5. The van der Waals surface area contributed by atoms with E-state index in [0.29, 0.717) is 69.8 Å². The Labute approximate surface area is 566 Å². The Bertz CT molecular complexity index is 4650. The summed E-state index contributed by atoms with van der Waals surface area (Å²) in [5.41, 5.74) is 8.02. The Morgan fingerprint density at radius 1 is 0.463 bits per heavy atom. The van der Waals surface area contributed by atoms with Gasteiger partial charge in [-0.05, 0) is 172 Å². The van der Waals surface area contributed by atoms with Crippen LogP contribution in [0.3, 0.4) is 0 Å². The van der Waals surface area contributed by atoms with Crippen LogP contribution in [0.2, 0.25) is 0 Å². The van der Waals surface area contributed by atoms with Crippen molar-refractivity contribution in [2.45, 2.75) is 40.4 Å². The van der Waals surface area contributed by atoms with Gasteiger partial charge in [0, 0.05) is 187 Å². The first-order valence-electron chi connectivity index (χ1n) is 31.9. The first-order valence-corrected chi connectivity index (χ1v) is 34.4. The normalized spacial score (nSPS) is 14.8. The monoisotopic (exact) mass is 1380 g/mol. The van der Waals surface area contributed by atoms with E-state index in [-0.39, 0.29) is 16.6 Å². The van der Waals surface area contributed by atoms with Crippen LogP contribution in [-0.2, 0) is 19.6 Å². The smallest absolute Gasteiger partial charge is 0.423 e. The zero-order valence-electron chi connectivity index (χ0n) is 54.0. The molecule has 5 N–H and O–H groups in total. The van der Waals surface area contributed by atoms with Crippen molar-refractivity contribution in [3.63, 3.8) is 0 Å². The maximum Gasteiger partial charge on any atom is 0.494 e. The lowest BCUT2D eigenvalue weighted by Crippen LogP contribution is -2.45. The van der Waals surface area contributed by atoms with Crippen LogP contribution in [0.1, 0.15) is 20.8 Å². The number of aromatic nitrogens is 9. The molecule has 0 unspecified atom stereocenters. The van der Waals surface area contributed by atoms with Gasteiger partial charge in [-0.25, -0.2) is 15.0 Å². The zero-order valence-corrected chi connectivity index (χ0v) is 57.2. The zero-order chi connectivity index (χ0) is 66.3. The highest BCUT2D eigenvalue weighted by molar-refractivity contribution is 9.10. The number of nitrogens with zero attached hydrogens (tertiary/aromatic N) is 15. The average Bonchev–Trinajstić information content (AvgIpc) is 1.46. The van der Waals surface area contributed by atoms with Gasteiger partial charge in [-0.15, -0.1) is 22.7 Å². The molecule has 0 atom stereocenters. The van der Waals surface area contributed by atoms with Crippen molar-refractivity contribution >= 4 is 136 Å². The number of nitrogens with one attached hydrogen (secondary N) is 3. The number of hydrogen-bond acceptors (Lipinski definition) is 22. The van der Waals surface area contributed by atoms with E-state index in [0.717, 1.165) is 111 Å². The summed E-state index contributed by atoms with van der Waals surface area (Å²) in [7, 11) is 4.62. The van der Waals surface area contributed by atoms with Gasteiger partial charge < -0.3 is 55.4 Å². The standard InChI is InChI=1S/C28H28N6OS2.C20H25BN6O3.C20H23BrN6O/c1-3-34-26-19(17-22(27(34)35)23-10-11-25(37-23)24-5-4-16-36-24)18-29-28(31-26)30-20-6-8-21(9-7-20)33-14-12-32(2)13-15-33;1-3-27-18-14(12-17(19(27)28)21(29)30)13-22-20(24-18)23-15-4-6-16(7-5-15)26-10-8-25(2)9-11-26;1-3-27-18-14(12-17(21)19(27)28)13-22-20(24-18)23-15-4-6-16(7-5-15)26-10-8-25(2)9-11-26/h4-11,16-18H,3,12-15H2,1-2H3,(H,29,30,31);4-7,12-13,29-30H,3,8-11H2,1-2H3,(H,22,23,24);4-7,12-13H,3,8-11H2,1-2H3,(H,22,23,24). The fraction of sp³-hybridized carbons (Fsp3) is 0.309. The van der Waals surface area contributed by atoms with Crippen molar-refractivity contribution in [2.75, 3.05) is 130 Å². The summed E-state index contributed by atoms with van der Waals surface area (Å²) in [5.74, 6) is 1.32. The first-order chi connectivity index (χ1) is 46.1. The van der Waals surface area contributed by atoms with Gasteiger partial charge in [-0.2, -0.15) is 15.0 Å². The number of thiophene rings is 2. The van der Waals surface area contributed by atoms with E-state index in [2.05, 4.69) is 173 Å². The average molecular weight is 1380 g/mol. The summed E-state index contributed by atoms with van der Waals surface area (Å²) in [6.45, 7) is 19.8. The van der Waals surface area contributed by atoms with E-state index in [1.54, 1.807) is 63.4 Å². The highest BCUT2D eigenvalue weighted by Crippen LogP contribution is 2.36. The van der Waals surface area contributed by atoms with Crippen molar-refractivity contribution in [1.29, 1.82) is 0 Å². The van der Waals surface area contributed by atoms with Gasteiger partial charge in [0.05, 0.1) is 10.0 Å². The minimum absolute atomic E-state index is 0.0317. The van der Waals surface area contributed by atoms with Crippen molar-refractivity contribution in [3.8, 4) is 20.2 Å². The molecule has 23 nitrogen and oxygen atoms in total. The van der Waals surface area contributed by atoms with E-state index < -0.39 is 12.7 Å². The molecule has 490 valence electrons. The van der Waals surface area contributed by atoms with E-state index in [9.17, 15) is 24.4 Å². The molecule has 0 saturated carbocycles. The number of halogens is 1. The number of piperazine rings is 3. The lowest BCUT2D eigenvalue weighted by molar-refractivity contribution is 0.313. The molecule has 3 aliphatic heterocycles. The fourth-order valence-electron chi connectivity index (χ4n) is 11.8. The molecule has 0 radical (unpaired) electrons. The van der Waals surface area contributed by atoms with Gasteiger partial charge in [0.25, 0.3) is 16.7 Å². The summed E-state index contributed by atoms with van der Waals surface area (Å²) >= 11 is 6.66. The summed E-state index contributed by atoms with van der Waals surface area (Å²) in [4.78, 5) is 82.9. The van der Waals surface area contributed by atoms with Crippen LogP contribution in [0.25, 0.3) is 53.3 Å². The molecular weight excluding hydrogens is 1300 g/mol. The lowest BCUT2D eigenvalue weighted by atomic mass is 9.81. The third-order valence-corrected chi connectivity index (χ3v) is 20.1.